The fraction of sp³-hybridized carbons (Fsp3) is 0.364. The van der Waals surface area contributed by atoms with E-state index in [1.807, 2.05) is 12.1 Å². The number of ketones is 1. The lowest BCUT2D eigenvalue weighted by Gasteiger charge is -2.30. The zero-order valence-corrected chi connectivity index (χ0v) is 17.4. The SMILES string of the molecule is COc1cc(C(C)=O)ccc1OCC(=O)Nc1cc(Cl)ccc1N1CCCCC1. The molecule has 1 saturated heterocycles. The quantitative estimate of drug-likeness (QED) is 0.670. The maximum atomic E-state index is 12.5. The molecule has 1 N–H and O–H groups in total. The molecule has 1 aliphatic heterocycles. The van der Waals surface area contributed by atoms with Crippen molar-refractivity contribution in [3.8, 4) is 11.5 Å². The highest BCUT2D eigenvalue weighted by atomic mass is 35.5. The van der Waals surface area contributed by atoms with E-state index in [9.17, 15) is 9.59 Å². The van der Waals surface area contributed by atoms with Gasteiger partial charge in [-0.25, -0.2) is 0 Å². The maximum Gasteiger partial charge on any atom is 0.262 e. The summed E-state index contributed by atoms with van der Waals surface area (Å²) < 4.78 is 10.9. The normalized spacial score (nSPS) is 13.7. The zero-order chi connectivity index (χ0) is 20.8. The summed E-state index contributed by atoms with van der Waals surface area (Å²) in [6.45, 7) is 3.21. The van der Waals surface area contributed by atoms with Crippen molar-refractivity contribution in [2.45, 2.75) is 26.2 Å². The molecule has 1 amide bonds. The lowest BCUT2D eigenvalue weighted by atomic mass is 10.1. The fourth-order valence-electron chi connectivity index (χ4n) is 3.35. The van der Waals surface area contributed by atoms with Gasteiger partial charge in [0.25, 0.3) is 5.91 Å². The van der Waals surface area contributed by atoms with Crippen molar-refractivity contribution in [3.05, 3.63) is 47.0 Å². The van der Waals surface area contributed by atoms with E-state index in [-0.39, 0.29) is 18.3 Å². The number of ether oxygens (including phenoxy) is 2. The van der Waals surface area contributed by atoms with Gasteiger partial charge in [0.1, 0.15) is 0 Å². The van der Waals surface area contributed by atoms with Crippen LogP contribution in [0.2, 0.25) is 5.02 Å². The van der Waals surface area contributed by atoms with Crippen LogP contribution in [0.4, 0.5) is 11.4 Å². The van der Waals surface area contributed by atoms with E-state index < -0.39 is 0 Å². The highest BCUT2D eigenvalue weighted by Gasteiger charge is 2.17. The Morgan fingerprint density at radius 2 is 1.83 bits per heavy atom. The standard InChI is InChI=1S/C22H25ClN2O4/c1-15(26)16-6-9-20(21(12-16)28-2)29-14-22(27)24-18-13-17(23)7-8-19(18)25-10-4-3-5-11-25/h6-9,12-13H,3-5,10-11,14H2,1-2H3,(H,24,27). The van der Waals surface area contributed by atoms with Crippen LogP contribution in [0, 0.1) is 0 Å². The summed E-state index contributed by atoms with van der Waals surface area (Å²) in [5.41, 5.74) is 2.15. The number of anilines is 2. The van der Waals surface area contributed by atoms with E-state index in [2.05, 4.69) is 10.2 Å². The van der Waals surface area contributed by atoms with E-state index in [4.69, 9.17) is 21.1 Å². The van der Waals surface area contributed by atoms with Gasteiger partial charge in [-0.3, -0.25) is 9.59 Å². The Bertz CT molecular complexity index is 894. The fourth-order valence-corrected chi connectivity index (χ4v) is 3.53. The minimum absolute atomic E-state index is 0.0706. The number of nitrogens with zero attached hydrogens (tertiary/aromatic N) is 1. The highest BCUT2D eigenvalue weighted by Crippen LogP contribution is 2.32. The Morgan fingerprint density at radius 1 is 1.07 bits per heavy atom. The summed E-state index contributed by atoms with van der Waals surface area (Å²) in [7, 11) is 1.49. The average Bonchev–Trinajstić information content (AvgIpc) is 2.72. The van der Waals surface area contributed by atoms with Crippen molar-refractivity contribution < 1.29 is 19.1 Å². The van der Waals surface area contributed by atoms with Crippen LogP contribution >= 0.6 is 11.6 Å². The molecule has 7 heteroatoms. The van der Waals surface area contributed by atoms with E-state index in [1.165, 1.54) is 20.5 Å². The summed E-state index contributed by atoms with van der Waals surface area (Å²) >= 11 is 6.15. The summed E-state index contributed by atoms with van der Waals surface area (Å²) in [5, 5.41) is 3.46. The predicted molar refractivity (Wildman–Crippen MR) is 115 cm³/mol. The minimum atomic E-state index is -0.303. The summed E-state index contributed by atoms with van der Waals surface area (Å²) in [6, 6.07) is 10.4. The molecule has 0 spiro atoms. The molecule has 1 heterocycles. The molecule has 6 nitrogen and oxygen atoms in total. The number of methoxy groups -OCH3 is 1. The third-order valence-electron chi connectivity index (χ3n) is 4.86. The van der Waals surface area contributed by atoms with Crippen LogP contribution in [0.3, 0.4) is 0 Å². The van der Waals surface area contributed by atoms with Gasteiger partial charge in [-0.2, -0.15) is 0 Å². The van der Waals surface area contributed by atoms with Crippen LogP contribution in [-0.2, 0) is 4.79 Å². The molecular formula is C22H25ClN2O4. The van der Waals surface area contributed by atoms with E-state index in [0.717, 1.165) is 31.6 Å². The number of carbonyl (C=O) groups excluding carboxylic acids is 2. The van der Waals surface area contributed by atoms with Gasteiger partial charge >= 0.3 is 0 Å². The Hall–Kier alpha value is -2.73. The number of rotatable bonds is 7. The van der Waals surface area contributed by atoms with Crippen LogP contribution in [0.1, 0.15) is 36.5 Å². The number of nitrogens with one attached hydrogen (secondary N) is 1. The number of halogens is 1. The molecule has 0 unspecified atom stereocenters. The second-order valence-electron chi connectivity index (χ2n) is 6.97. The molecule has 0 saturated carbocycles. The molecule has 2 aromatic carbocycles. The van der Waals surface area contributed by atoms with E-state index in [1.54, 1.807) is 24.3 Å². The lowest BCUT2D eigenvalue weighted by molar-refractivity contribution is -0.118. The van der Waals surface area contributed by atoms with Crippen molar-refractivity contribution in [2.75, 3.05) is 37.0 Å². The first-order valence-electron chi connectivity index (χ1n) is 9.64. The van der Waals surface area contributed by atoms with E-state index >= 15 is 0 Å². The zero-order valence-electron chi connectivity index (χ0n) is 16.7. The molecular weight excluding hydrogens is 392 g/mol. The van der Waals surface area contributed by atoms with Gasteiger partial charge in [-0.1, -0.05) is 11.6 Å². The van der Waals surface area contributed by atoms with Crippen LogP contribution in [0.25, 0.3) is 0 Å². The molecule has 0 bridgehead atoms. The van der Waals surface area contributed by atoms with Gasteiger partial charge in [0.15, 0.2) is 23.9 Å². The van der Waals surface area contributed by atoms with Crippen LogP contribution in [0.15, 0.2) is 36.4 Å². The third-order valence-corrected chi connectivity index (χ3v) is 5.09. The van der Waals surface area contributed by atoms with Crippen molar-refractivity contribution in [1.29, 1.82) is 0 Å². The summed E-state index contributed by atoms with van der Waals surface area (Å²) in [6.07, 6.45) is 3.49. The predicted octanol–water partition coefficient (Wildman–Crippen LogP) is 4.56. The van der Waals surface area contributed by atoms with Crippen molar-refractivity contribution in [1.82, 2.24) is 0 Å². The molecule has 0 radical (unpaired) electrons. The molecule has 0 aromatic heterocycles. The first kappa shape index (κ1) is 21.0. The minimum Gasteiger partial charge on any atom is -0.493 e. The molecule has 0 atom stereocenters. The van der Waals surface area contributed by atoms with Gasteiger partial charge in [-0.05, 0) is 62.6 Å². The number of piperidine rings is 1. The van der Waals surface area contributed by atoms with Crippen molar-refractivity contribution in [3.63, 3.8) is 0 Å². The first-order chi connectivity index (χ1) is 14.0. The number of Topliss-reactive ketones (excluding diaryl/α,β-unsaturated/α-hetero) is 1. The van der Waals surface area contributed by atoms with Gasteiger partial charge in [0.2, 0.25) is 0 Å². The number of benzene rings is 2. The molecule has 1 fully saturated rings. The van der Waals surface area contributed by atoms with Crippen LogP contribution in [0.5, 0.6) is 11.5 Å². The smallest absolute Gasteiger partial charge is 0.262 e. The topological polar surface area (TPSA) is 67.9 Å². The number of amides is 1. The first-order valence-corrected chi connectivity index (χ1v) is 10.0. The number of carbonyl (C=O) groups is 2. The van der Waals surface area contributed by atoms with Gasteiger partial charge in [-0.15, -0.1) is 0 Å². The van der Waals surface area contributed by atoms with Crippen molar-refractivity contribution >= 4 is 34.7 Å². The Morgan fingerprint density at radius 3 is 2.52 bits per heavy atom. The third kappa shape index (κ3) is 5.41. The molecule has 29 heavy (non-hydrogen) atoms. The molecule has 3 rings (SSSR count). The van der Waals surface area contributed by atoms with Gasteiger partial charge in [0, 0.05) is 23.7 Å². The van der Waals surface area contributed by atoms with Gasteiger partial charge < -0.3 is 19.7 Å². The number of hydrogen-bond acceptors (Lipinski definition) is 5. The van der Waals surface area contributed by atoms with Crippen LogP contribution in [-0.4, -0.2) is 38.5 Å². The molecule has 154 valence electrons. The largest absolute Gasteiger partial charge is 0.493 e. The summed E-state index contributed by atoms with van der Waals surface area (Å²) in [4.78, 5) is 26.3. The molecule has 0 aliphatic carbocycles. The second kappa shape index (κ2) is 9.65. The average molecular weight is 417 g/mol. The van der Waals surface area contributed by atoms with Crippen molar-refractivity contribution in [2.24, 2.45) is 0 Å². The molecule has 2 aromatic rings. The highest BCUT2D eigenvalue weighted by molar-refractivity contribution is 6.31. The number of hydrogen-bond donors (Lipinski definition) is 1. The molecule has 1 aliphatic rings. The Balaban J connectivity index is 1.68. The van der Waals surface area contributed by atoms with Crippen LogP contribution < -0.4 is 19.7 Å². The van der Waals surface area contributed by atoms with E-state index in [0.29, 0.717) is 27.8 Å². The summed E-state index contributed by atoms with van der Waals surface area (Å²) in [5.74, 6) is 0.430. The Kier molecular flexibility index (Phi) is 6.99. The lowest BCUT2D eigenvalue weighted by Crippen LogP contribution is -2.31. The second-order valence-corrected chi connectivity index (χ2v) is 7.40. The maximum absolute atomic E-state index is 12.5. The monoisotopic (exact) mass is 416 g/mol. The Labute approximate surface area is 175 Å². The van der Waals surface area contributed by atoms with Gasteiger partial charge in [0.05, 0.1) is 18.5 Å².